The standard InChI is InChI=1S/C29H31F2N3O6/c1-5-38-29(37)40-18(3)39-27(17(2)35)26-28(36)33-14-8-13-23(33)25(34(26)32-4)24(19-9-6-11-21(30)15-19)20-10-7-12-22(31)16-20/h6-7,9-12,15-16,18,23-25H,4-5,8,13-14H2,1-3H3/b27-26+/t18?,23-,25-/m1/s1. The number of hydrogen-bond acceptors (Lipinski definition) is 8. The van der Waals surface area contributed by atoms with E-state index < -0.39 is 53.8 Å². The summed E-state index contributed by atoms with van der Waals surface area (Å²) in [6.07, 6.45) is -1.04. The molecule has 0 saturated carbocycles. The summed E-state index contributed by atoms with van der Waals surface area (Å²) in [5.74, 6) is -3.19. The highest BCUT2D eigenvalue weighted by Gasteiger charge is 2.51. The zero-order chi connectivity index (χ0) is 29.0. The van der Waals surface area contributed by atoms with Gasteiger partial charge in [0.25, 0.3) is 5.91 Å². The van der Waals surface area contributed by atoms with Crippen molar-refractivity contribution >= 4 is 24.6 Å². The van der Waals surface area contributed by atoms with Crippen LogP contribution in [0.25, 0.3) is 0 Å². The third-order valence-corrected chi connectivity index (χ3v) is 6.92. The van der Waals surface area contributed by atoms with E-state index >= 15 is 0 Å². The number of piperazine rings is 1. The Morgan fingerprint density at radius 3 is 2.25 bits per heavy atom. The lowest BCUT2D eigenvalue weighted by Crippen LogP contribution is -2.59. The lowest BCUT2D eigenvalue weighted by Gasteiger charge is -2.47. The van der Waals surface area contributed by atoms with Gasteiger partial charge in [-0.1, -0.05) is 24.3 Å². The summed E-state index contributed by atoms with van der Waals surface area (Å²) in [5.41, 5.74) is 0.839. The summed E-state index contributed by atoms with van der Waals surface area (Å²) in [4.78, 5) is 40.2. The van der Waals surface area contributed by atoms with Gasteiger partial charge in [0.2, 0.25) is 6.29 Å². The SMILES string of the molecule is C=NN1/C(=C(/OC(C)OC(=O)OCC)C(C)=O)C(=O)N2CCC[C@@H]2[C@@H]1C(c1cccc(F)c1)c1cccc(F)c1. The second-order valence-corrected chi connectivity index (χ2v) is 9.49. The molecule has 0 radical (unpaired) electrons. The lowest BCUT2D eigenvalue weighted by molar-refractivity contribution is -0.140. The van der Waals surface area contributed by atoms with Crippen LogP contribution < -0.4 is 0 Å². The third kappa shape index (κ3) is 5.83. The van der Waals surface area contributed by atoms with E-state index in [2.05, 4.69) is 11.8 Å². The Morgan fingerprint density at radius 2 is 1.73 bits per heavy atom. The van der Waals surface area contributed by atoms with Gasteiger partial charge in [-0.2, -0.15) is 5.10 Å². The van der Waals surface area contributed by atoms with Gasteiger partial charge < -0.3 is 19.1 Å². The molecule has 212 valence electrons. The molecule has 0 bridgehead atoms. The van der Waals surface area contributed by atoms with Crippen LogP contribution in [-0.2, 0) is 23.8 Å². The summed E-state index contributed by atoms with van der Waals surface area (Å²) >= 11 is 0. The first kappa shape index (κ1) is 28.7. The molecule has 9 nitrogen and oxygen atoms in total. The molecule has 11 heteroatoms. The number of carbonyl (C=O) groups is 3. The van der Waals surface area contributed by atoms with Crippen LogP contribution in [0.2, 0.25) is 0 Å². The third-order valence-electron chi connectivity index (χ3n) is 6.92. The number of halogens is 2. The van der Waals surface area contributed by atoms with Gasteiger partial charge in [-0.25, -0.2) is 13.6 Å². The highest BCUT2D eigenvalue weighted by atomic mass is 19.1. The summed E-state index contributed by atoms with van der Waals surface area (Å²) in [5, 5.41) is 5.47. The molecule has 0 aromatic heterocycles. The maximum absolute atomic E-state index is 14.5. The number of amides is 1. The predicted octanol–water partition coefficient (Wildman–Crippen LogP) is 4.72. The molecular formula is C29H31F2N3O6. The van der Waals surface area contributed by atoms with Gasteiger partial charge in [0, 0.05) is 33.0 Å². The molecular weight excluding hydrogens is 524 g/mol. The molecule has 3 atom stereocenters. The summed E-state index contributed by atoms with van der Waals surface area (Å²) in [6.45, 7) is 8.33. The average Bonchev–Trinajstić information content (AvgIpc) is 3.39. The van der Waals surface area contributed by atoms with Gasteiger partial charge in [0.1, 0.15) is 11.6 Å². The molecule has 40 heavy (non-hydrogen) atoms. The van der Waals surface area contributed by atoms with Crippen LogP contribution in [0.15, 0.2) is 65.1 Å². The number of ether oxygens (including phenoxy) is 3. The maximum atomic E-state index is 14.5. The number of hydrogen-bond donors (Lipinski definition) is 0. The molecule has 2 aliphatic heterocycles. The first-order valence-corrected chi connectivity index (χ1v) is 13.0. The van der Waals surface area contributed by atoms with Crippen molar-refractivity contribution in [1.82, 2.24) is 9.91 Å². The van der Waals surface area contributed by atoms with Crippen LogP contribution >= 0.6 is 0 Å². The topological polar surface area (TPSA) is 97.7 Å². The lowest BCUT2D eigenvalue weighted by atomic mass is 9.79. The molecule has 1 amide bonds. The van der Waals surface area contributed by atoms with E-state index in [4.69, 9.17) is 14.2 Å². The molecule has 0 spiro atoms. The van der Waals surface area contributed by atoms with Gasteiger partial charge >= 0.3 is 6.16 Å². The molecule has 2 aromatic carbocycles. The van der Waals surface area contributed by atoms with Crippen molar-refractivity contribution in [2.75, 3.05) is 13.2 Å². The number of hydrazone groups is 1. The van der Waals surface area contributed by atoms with Gasteiger partial charge in [-0.3, -0.25) is 14.6 Å². The Labute approximate surface area is 231 Å². The van der Waals surface area contributed by atoms with Crippen molar-refractivity contribution in [2.45, 2.75) is 57.9 Å². The van der Waals surface area contributed by atoms with E-state index in [0.717, 1.165) is 0 Å². The summed E-state index contributed by atoms with van der Waals surface area (Å²) in [6, 6.07) is 10.7. The Morgan fingerprint density at radius 1 is 1.10 bits per heavy atom. The normalized spacial score (nSPS) is 20.6. The molecule has 1 unspecified atom stereocenters. The minimum atomic E-state index is -1.29. The number of fused-ring (bicyclic) bond motifs is 1. The highest BCUT2D eigenvalue weighted by molar-refractivity contribution is 6.03. The molecule has 0 aliphatic carbocycles. The number of nitrogens with zero attached hydrogens (tertiary/aromatic N) is 3. The fourth-order valence-electron chi connectivity index (χ4n) is 5.45. The van der Waals surface area contributed by atoms with Gasteiger partial charge in [0.05, 0.1) is 18.7 Å². The minimum Gasteiger partial charge on any atom is -0.449 e. The Kier molecular flexibility index (Phi) is 8.81. The molecule has 2 saturated heterocycles. The Balaban J connectivity index is 1.89. The number of Topliss-reactive ketones (excluding diaryl/α,β-unsaturated/α-hetero) is 1. The van der Waals surface area contributed by atoms with E-state index in [-0.39, 0.29) is 18.1 Å². The van der Waals surface area contributed by atoms with Crippen molar-refractivity contribution in [3.63, 3.8) is 0 Å². The second-order valence-electron chi connectivity index (χ2n) is 9.49. The quantitative estimate of drug-likeness (QED) is 0.145. The second kappa shape index (κ2) is 12.3. The van der Waals surface area contributed by atoms with Crippen LogP contribution in [0.3, 0.4) is 0 Å². The van der Waals surface area contributed by atoms with Crippen molar-refractivity contribution in [3.8, 4) is 0 Å². The largest absolute Gasteiger partial charge is 0.511 e. The maximum Gasteiger partial charge on any atom is 0.511 e. The van der Waals surface area contributed by atoms with Crippen molar-refractivity contribution in [2.24, 2.45) is 5.10 Å². The fraction of sp³-hybridized carbons (Fsp3) is 0.379. The van der Waals surface area contributed by atoms with Gasteiger partial charge in [0.15, 0.2) is 17.2 Å². The summed E-state index contributed by atoms with van der Waals surface area (Å²) in [7, 11) is 0. The number of ketones is 1. The average molecular weight is 556 g/mol. The van der Waals surface area contributed by atoms with Crippen LogP contribution in [-0.4, -0.2) is 66.0 Å². The molecule has 2 aliphatic rings. The van der Waals surface area contributed by atoms with Crippen LogP contribution in [0.4, 0.5) is 13.6 Å². The number of carbonyl (C=O) groups excluding carboxylic acids is 3. The highest BCUT2D eigenvalue weighted by Crippen LogP contribution is 2.43. The molecule has 4 rings (SSSR count). The van der Waals surface area contributed by atoms with E-state index in [0.29, 0.717) is 30.5 Å². The first-order valence-electron chi connectivity index (χ1n) is 13.0. The van der Waals surface area contributed by atoms with Gasteiger partial charge in [-0.15, -0.1) is 0 Å². The van der Waals surface area contributed by atoms with E-state index in [1.54, 1.807) is 36.1 Å². The van der Waals surface area contributed by atoms with Crippen molar-refractivity contribution in [1.29, 1.82) is 0 Å². The molecule has 0 N–H and O–H groups in total. The molecule has 2 heterocycles. The number of allylic oxidation sites excluding steroid dienone is 1. The van der Waals surface area contributed by atoms with Crippen LogP contribution in [0.1, 0.15) is 50.7 Å². The zero-order valence-electron chi connectivity index (χ0n) is 22.5. The first-order chi connectivity index (χ1) is 19.2. The van der Waals surface area contributed by atoms with Crippen molar-refractivity contribution in [3.05, 3.63) is 82.7 Å². The molecule has 2 fully saturated rings. The van der Waals surface area contributed by atoms with Crippen LogP contribution in [0, 0.1) is 11.6 Å². The monoisotopic (exact) mass is 555 g/mol. The molecule has 2 aromatic rings. The van der Waals surface area contributed by atoms with E-state index in [9.17, 15) is 23.2 Å². The van der Waals surface area contributed by atoms with Crippen molar-refractivity contribution < 1.29 is 37.4 Å². The minimum absolute atomic E-state index is 0.0679. The smallest absolute Gasteiger partial charge is 0.449 e. The number of benzene rings is 2. The Hall–Kier alpha value is -4.28. The number of rotatable bonds is 9. The van der Waals surface area contributed by atoms with E-state index in [1.807, 2.05) is 0 Å². The Bertz CT molecular complexity index is 1290. The predicted molar refractivity (Wildman–Crippen MR) is 141 cm³/mol. The zero-order valence-corrected chi connectivity index (χ0v) is 22.5. The fourth-order valence-corrected chi connectivity index (χ4v) is 5.45. The summed E-state index contributed by atoms with van der Waals surface area (Å²) < 4.78 is 44.5. The van der Waals surface area contributed by atoms with Crippen LogP contribution in [0.5, 0.6) is 0 Å². The van der Waals surface area contributed by atoms with Gasteiger partial charge in [-0.05, 0) is 55.2 Å². The van der Waals surface area contributed by atoms with E-state index in [1.165, 1.54) is 43.1 Å².